The number of rotatable bonds is 9. The van der Waals surface area contributed by atoms with Crippen molar-refractivity contribution in [3.8, 4) is 5.75 Å². The molecule has 0 heterocycles. The van der Waals surface area contributed by atoms with E-state index in [1.807, 2.05) is 6.08 Å². The van der Waals surface area contributed by atoms with Crippen molar-refractivity contribution in [2.45, 2.75) is 64.0 Å². The average molecular weight is 392 g/mol. The van der Waals surface area contributed by atoms with Crippen molar-refractivity contribution in [2.75, 3.05) is 0 Å². The molecule has 1 aliphatic carbocycles. The Kier molecular flexibility index (Phi) is 7.65. The first kappa shape index (κ1) is 21.7. The number of alkyl halides is 5. The summed E-state index contributed by atoms with van der Waals surface area (Å²) in [6.45, 7) is 3.33. The Morgan fingerprint density at radius 3 is 2.11 bits per heavy atom. The molecule has 0 saturated heterocycles. The molecular weight excluding hydrogens is 367 g/mol. The molecule has 1 aliphatic rings. The molecule has 0 bridgehead atoms. The van der Waals surface area contributed by atoms with E-state index in [4.69, 9.17) is 4.74 Å². The Bertz CT molecular complexity index is 575. The number of halogens is 5. The van der Waals surface area contributed by atoms with Crippen LogP contribution >= 0.6 is 0 Å². The smallest absolute Gasteiger partial charge is 0.406 e. The molecule has 1 aromatic carbocycles. The maximum absolute atomic E-state index is 14.1. The average Bonchev–Trinajstić information content (AvgIpc) is 2.59. The molecule has 27 heavy (non-hydrogen) atoms. The van der Waals surface area contributed by atoms with E-state index >= 15 is 0 Å². The Morgan fingerprint density at radius 1 is 0.963 bits per heavy atom. The minimum atomic E-state index is -4.78. The van der Waals surface area contributed by atoms with Gasteiger partial charge in [-0.15, -0.1) is 19.8 Å². The predicted octanol–water partition coefficient (Wildman–Crippen LogP) is 6.86. The second-order valence-electron chi connectivity index (χ2n) is 7.07. The summed E-state index contributed by atoms with van der Waals surface area (Å²) in [5.41, 5.74) is 0.359. The van der Waals surface area contributed by atoms with E-state index in [9.17, 15) is 22.0 Å². The van der Waals surface area contributed by atoms with Gasteiger partial charge >= 0.3 is 12.5 Å². The number of hydrogen-bond donors (Lipinski definition) is 0. The van der Waals surface area contributed by atoms with E-state index in [0.717, 1.165) is 50.7 Å². The summed E-state index contributed by atoms with van der Waals surface area (Å²) in [4.78, 5) is 0. The first-order valence-electron chi connectivity index (χ1n) is 9.14. The van der Waals surface area contributed by atoms with E-state index in [-0.39, 0.29) is 18.9 Å². The fourth-order valence-corrected chi connectivity index (χ4v) is 3.45. The Morgan fingerprint density at radius 2 is 1.56 bits per heavy atom. The van der Waals surface area contributed by atoms with Crippen LogP contribution in [-0.2, 0) is 11.3 Å². The van der Waals surface area contributed by atoms with Crippen molar-refractivity contribution in [3.05, 3.63) is 42.5 Å². The standard InChI is InChI=1S/C20H25F5O2/c1-2-3-4-15-5-7-16(8-6-15)13-19(21,22)26-14-17-9-11-18(12-10-17)27-20(23,24)25/h2,9-12,15-16H,1,3-8,13-14H2. The van der Waals surface area contributed by atoms with Crippen LogP contribution in [0.15, 0.2) is 36.9 Å². The molecule has 0 unspecified atom stereocenters. The maximum atomic E-state index is 14.1. The molecule has 0 N–H and O–H groups in total. The maximum Gasteiger partial charge on any atom is 0.573 e. The Balaban J connectivity index is 1.75. The summed E-state index contributed by atoms with van der Waals surface area (Å²) in [5, 5.41) is 0. The van der Waals surface area contributed by atoms with Crippen LogP contribution in [0.4, 0.5) is 22.0 Å². The Hall–Kier alpha value is -1.63. The highest BCUT2D eigenvalue weighted by Crippen LogP contribution is 2.38. The zero-order chi connectivity index (χ0) is 19.9. The van der Waals surface area contributed by atoms with Crippen LogP contribution in [0.2, 0.25) is 0 Å². The van der Waals surface area contributed by atoms with Gasteiger partial charge in [-0.3, -0.25) is 0 Å². The minimum Gasteiger partial charge on any atom is -0.406 e. The highest BCUT2D eigenvalue weighted by Gasteiger charge is 2.35. The topological polar surface area (TPSA) is 18.5 Å². The molecule has 0 radical (unpaired) electrons. The van der Waals surface area contributed by atoms with Gasteiger partial charge in [-0.1, -0.05) is 31.1 Å². The lowest BCUT2D eigenvalue weighted by Gasteiger charge is -2.30. The van der Waals surface area contributed by atoms with E-state index in [1.165, 1.54) is 12.1 Å². The molecule has 152 valence electrons. The fraction of sp³-hybridized carbons (Fsp3) is 0.600. The molecule has 0 aliphatic heterocycles. The van der Waals surface area contributed by atoms with E-state index < -0.39 is 18.2 Å². The van der Waals surface area contributed by atoms with Crippen molar-refractivity contribution in [3.63, 3.8) is 0 Å². The van der Waals surface area contributed by atoms with Crippen LogP contribution in [-0.4, -0.2) is 12.5 Å². The van der Waals surface area contributed by atoms with Gasteiger partial charge in [-0.2, -0.15) is 8.78 Å². The second-order valence-corrected chi connectivity index (χ2v) is 7.07. The minimum absolute atomic E-state index is 0.0671. The number of benzene rings is 1. The first-order chi connectivity index (χ1) is 12.7. The van der Waals surface area contributed by atoms with E-state index in [1.54, 1.807) is 0 Å². The zero-order valence-electron chi connectivity index (χ0n) is 15.1. The molecule has 1 saturated carbocycles. The highest BCUT2D eigenvalue weighted by molar-refractivity contribution is 5.27. The van der Waals surface area contributed by atoms with Crippen LogP contribution in [0.3, 0.4) is 0 Å². The third-order valence-electron chi connectivity index (χ3n) is 4.88. The molecule has 0 spiro atoms. The molecule has 2 nitrogen and oxygen atoms in total. The summed E-state index contributed by atoms with van der Waals surface area (Å²) in [7, 11) is 0. The van der Waals surface area contributed by atoms with Gasteiger partial charge in [0.1, 0.15) is 5.75 Å². The number of hydrogen-bond acceptors (Lipinski definition) is 2. The van der Waals surface area contributed by atoms with Gasteiger partial charge in [0.15, 0.2) is 0 Å². The quantitative estimate of drug-likeness (QED) is 0.338. The van der Waals surface area contributed by atoms with Gasteiger partial charge in [0.05, 0.1) is 6.61 Å². The van der Waals surface area contributed by atoms with Crippen molar-refractivity contribution >= 4 is 0 Å². The van der Waals surface area contributed by atoms with Crippen LogP contribution < -0.4 is 4.74 Å². The summed E-state index contributed by atoms with van der Waals surface area (Å²) in [6, 6.07) is 4.72. The lowest BCUT2D eigenvalue weighted by atomic mass is 9.78. The lowest BCUT2D eigenvalue weighted by Crippen LogP contribution is -2.27. The van der Waals surface area contributed by atoms with Gasteiger partial charge in [-0.05, 0) is 55.2 Å². The largest absolute Gasteiger partial charge is 0.573 e. The normalized spacial score (nSPS) is 21.1. The molecular formula is C20H25F5O2. The monoisotopic (exact) mass is 392 g/mol. The summed E-state index contributed by atoms with van der Waals surface area (Å²) >= 11 is 0. The molecule has 1 aromatic rings. The van der Waals surface area contributed by atoms with Gasteiger partial charge in [0.25, 0.3) is 0 Å². The number of allylic oxidation sites excluding steroid dienone is 1. The van der Waals surface area contributed by atoms with E-state index in [0.29, 0.717) is 11.5 Å². The molecule has 0 atom stereocenters. The molecule has 0 aromatic heterocycles. The van der Waals surface area contributed by atoms with Gasteiger partial charge in [0.2, 0.25) is 0 Å². The molecule has 0 amide bonds. The van der Waals surface area contributed by atoms with Crippen LogP contribution in [0, 0.1) is 11.8 Å². The van der Waals surface area contributed by atoms with Crippen molar-refractivity contribution in [1.82, 2.24) is 0 Å². The first-order valence-corrected chi connectivity index (χ1v) is 9.14. The zero-order valence-corrected chi connectivity index (χ0v) is 15.1. The summed E-state index contributed by atoms with van der Waals surface area (Å²) in [5.74, 6) is 0.125. The van der Waals surface area contributed by atoms with Gasteiger partial charge < -0.3 is 9.47 Å². The SMILES string of the molecule is C=CCCC1CCC(CC(F)(F)OCc2ccc(OC(F)(F)F)cc2)CC1. The van der Waals surface area contributed by atoms with Crippen molar-refractivity contribution in [1.29, 1.82) is 0 Å². The van der Waals surface area contributed by atoms with Crippen molar-refractivity contribution < 1.29 is 31.4 Å². The van der Waals surface area contributed by atoms with Gasteiger partial charge in [0, 0.05) is 6.42 Å². The third-order valence-corrected chi connectivity index (χ3v) is 4.88. The second kappa shape index (κ2) is 9.53. The molecule has 7 heteroatoms. The molecule has 1 fully saturated rings. The summed E-state index contributed by atoms with van der Waals surface area (Å²) < 4.78 is 73.0. The fourth-order valence-electron chi connectivity index (χ4n) is 3.45. The number of ether oxygens (including phenoxy) is 2. The Labute approximate surface area is 156 Å². The van der Waals surface area contributed by atoms with E-state index in [2.05, 4.69) is 11.3 Å². The summed E-state index contributed by atoms with van der Waals surface area (Å²) in [6.07, 6.45) is -1.00. The van der Waals surface area contributed by atoms with Crippen molar-refractivity contribution in [2.24, 2.45) is 11.8 Å². The van der Waals surface area contributed by atoms with Gasteiger partial charge in [-0.25, -0.2) is 0 Å². The van der Waals surface area contributed by atoms with Crippen LogP contribution in [0.25, 0.3) is 0 Å². The predicted molar refractivity (Wildman–Crippen MR) is 92.4 cm³/mol. The third kappa shape index (κ3) is 8.28. The highest BCUT2D eigenvalue weighted by atomic mass is 19.4. The lowest BCUT2D eigenvalue weighted by molar-refractivity contribution is -0.274. The van der Waals surface area contributed by atoms with Crippen LogP contribution in [0.1, 0.15) is 50.5 Å². The van der Waals surface area contributed by atoms with Crippen LogP contribution in [0.5, 0.6) is 5.75 Å². The molecule has 2 rings (SSSR count).